The highest BCUT2D eigenvalue weighted by Crippen LogP contribution is 2.21. The predicted octanol–water partition coefficient (Wildman–Crippen LogP) is 2.89. The van der Waals surface area contributed by atoms with Gasteiger partial charge in [-0.05, 0) is 48.4 Å². The first-order chi connectivity index (χ1) is 8.75. The molecular formula is C14H13N3O. The smallest absolute Gasteiger partial charge is 0.161 e. The Morgan fingerprint density at radius 1 is 1.00 bits per heavy atom. The minimum atomic E-state index is 0.797. The fourth-order valence-corrected chi connectivity index (χ4v) is 1.83. The van der Waals surface area contributed by atoms with Crippen molar-refractivity contribution in [2.24, 2.45) is 0 Å². The van der Waals surface area contributed by atoms with Crippen LogP contribution in [0.15, 0.2) is 42.5 Å². The standard InChI is InChI=1S/C14H13N3O/c1-10-6-5-9-14(11(10)2)18-17-13-8-4-3-7-12(13)15-16-17/h3-9H,1-2H3. The zero-order valence-corrected chi connectivity index (χ0v) is 10.3. The summed E-state index contributed by atoms with van der Waals surface area (Å²) in [6.45, 7) is 4.09. The maximum Gasteiger partial charge on any atom is 0.161 e. The summed E-state index contributed by atoms with van der Waals surface area (Å²) >= 11 is 0. The van der Waals surface area contributed by atoms with E-state index >= 15 is 0 Å². The molecule has 0 saturated heterocycles. The molecule has 1 aromatic heterocycles. The second-order valence-corrected chi connectivity index (χ2v) is 4.24. The normalized spacial score (nSPS) is 10.8. The van der Waals surface area contributed by atoms with Crippen molar-refractivity contribution in [1.29, 1.82) is 0 Å². The van der Waals surface area contributed by atoms with Gasteiger partial charge in [-0.2, -0.15) is 0 Å². The Morgan fingerprint density at radius 3 is 2.72 bits per heavy atom. The number of aromatic nitrogens is 3. The van der Waals surface area contributed by atoms with Gasteiger partial charge in [-0.3, -0.25) is 0 Å². The van der Waals surface area contributed by atoms with Crippen LogP contribution in [0.2, 0.25) is 0 Å². The summed E-state index contributed by atoms with van der Waals surface area (Å²) in [6.07, 6.45) is 0. The summed E-state index contributed by atoms with van der Waals surface area (Å²) in [4.78, 5) is 7.24. The van der Waals surface area contributed by atoms with Crippen molar-refractivity contribution in [3.63, 3.8) is 0 Å². The van der Waals surface area contributed by atoms with E-state index < -0.39 is 0 Å². The van der Waals surface area contributed by atoms with Gasteiger partial charge in [-0.25, -0.2) is 0 Å². The van der Waals surface area contributed by atoms with E-state index in [2.05, 4.69) is 23.3 Å². The Labute approximate surface area is 105 Å². The average Bonchev–Trinajstić information content (AvgIpc) is 2.79. The number of para-hydroxylation sites is 1. The molecule has 0 spiro atoms. The molecule has 18 heavy (non-hydrogen) atoms. The molecule has 0 atom stereocenters. The zero-order valence-electron chi connectivity index (χ0n) is 10.3. The van der Waals surface area contributed by atoms with Gasteiger partial charge < -0.3 is 4.84 Å². The second kappa shape index (κ2) is 4.14. The molecule has 3 rings (SSSR count). The van der Waals surface area contributed by atoms with Crippen LogP contribution >= 0.6 is 0 Å². The Kier molecular flexibility index (Phi) is 2.48. The molecular weight excluding hydrogens is 226 g/mol. The number of fused-ring (bicyclic) bond motifs is 1. The van der Waals surface area contributed by atoms with E-state index in [-0.39, 0.29) is 0 Å². The first-order valence-electron chi connectivity index (χ1n) is 5.81. The van der Waals surface area contributed by atoms with Crippen molar-refractivity contribution in [1.82, 2.24) is 15.2 Å². The van der Waals surface area contributed by atoms with Crippen molar-refractivity contribution in [3.05, 3.63) is 53.6 Å². The summed E-state index contributed by atoms with van der Waals surface area (Å²) in [6, 6.07) is 13.7. The Bertz CT molecular complexity index is 703. The minimum Gasteiger partial charge on any atom is -0.356 e. The van der Waals surface area contributed by atoms with Crippen molar-refractivity contribution >= 4 is 11.0 Å². The molecule has 0 saturated carbocycles. The van der Waals surface area contributed by atoms with E-state index in [0.29, 0.717) is 0 Å². The number of hydrogen-bond acceptors (Lipinski definition) is 3. The summed E-state index contributed by atoms with van der Waals surface area (Å²) in [5.74, 6) is 0.797. The lowest BCUT2D eigenvalue weighted by atomic mass is 10.1. The molecule has 0 amide bonds. The average molecular weight is 239 g/mol. The third-order valence-electron chi connectivity index (χ3n) is 3.06. The lowest BCUT2D eigenvalue weighted by Crippen LogP contribution is -2.08. The van der Waals surface area contributed by atoms with Crippen LogP contribution in [0, 0.1) is 13.8 Å². The summed E-state index contributed by atoms with van der Waals surface area (Å²) in [5.41, 5.74) is 3.98. The highest BCUT2D eigenvalue weighted by atomic mass is 16.7. The predicted molar refractivity (Wildman–Crippen MR) is 69.5 cm³/mol. The van der Waals surface area contributed by atoms with Gasteiger partial charge in [0, 0.05) is 0 Å². The van der Waals surface area contributed by atoms with Gasteiger partial charge >= 0.3 is 0 Å². The molecule has 4 heteroatoms. The Hall–Kier alpha value is -2.36. The third-order valence-corrected chi connectivity index (χ3v) is 3.06. The molecule has 0 bridgehead atoms. The molecule has 0 aliphatic heterocycles. The molecule has 4 nitrogen and oxygen atoms in total. The third kappa shape index (κ3) is 1.72. The zero-order chi connectivity index (χ0) is 12.5. The van der Waals surface area contributed by atoms with Crippen molar-refractivity contribution in [3.8, 4) is 5.75 Å². The number of hydrogen-bond donors (Lipinski definition) is 0. The highest BCUT2D eigenvalue weighted by molar-refractivity contribution is 5.73. The molecule has 0 unspecified atom stereocenters. The largest absolute Gasteiger partial charge is 0.356 e. The van der Waals surface area contributed by atoms with E-state index in [0.717, 1.165) is 22.3 Å². The topological polar surface area (TPSA) is 39.9 Å². The van der Waals surface area contributed by atoms with Gasteiger partial charge in [0.25, 0.3) is 0 Å². The monoisotopic (exact) mass is 239 g/mol. The molecule has 3 aromatic rings. The van der Waals surface area contributed by atoms with E-state index in [1.807, 2.05) is 43.3 Å². The van der Waals surface area contributed by atoms with E-state index in [1.54, 1.807) is 0 Å². The SMILES string of the molecule is Cc1cccc(On2nnc3ccccc32)c1C. The van der Waals surface area contributed by atoms with Gasteiger partial charge in [0.1, 0.15) is 11.0 Å². The lowest BCUT2D eigenvalue weighted by Gasteiger charge is -2.09. The lowest BCUT2D eigenvalue weighted by molar-refractivity contribution is 0.183. The molecule has 0 radical (unpaired) electrons. The highest BCUT2D eigenvalue weighted by Gasteiger charge is 2.07. The molecule has 0 fully saturated rings. The van der Waals surface area contributed by atoms with Crippen LogP contribution < -0.4 is 4.84 Å². The van der Waals surface area contributed by atoms with E-state index in [9.17, 15) is 0 Å². The Morgan fingerprint density at radius 2 is 1.83 bits per heavy atom. The summed E-state index contributed by atoms with van der Waals surface area (Å²) < 4.78 is 0. The van der Waals surface area contributed by atoms with Crippen LogP contribution in [0.4, 0.5) is 0 Å². The number of rotatable bonds is 2. The Balaban J connectivity index is 2.04. The van der Waals surface area contributed by atoms with Crippen molar-refractivity contribution in [2.75, 3.05) is 0 Å². The molecule has 2 aromatic carbocycles. The minimum absolute atomic E-state index is 0.797. The number of aryl methyl sites for hydroxylation is 1. The van der Waals surface area contributed by atoms with Crippen LogP contribution in [0.25, 0.3) is 11.0 Å². The molecule has 0 aliphatic rings. The first kappa shape index (κ1) is 10.8. The summed E-state index contributed by atoms with van der Waals surface area (Å²) in [7, 11) is 0. The van der Waals surface area contributed by atoms with Crippen LogP contribution in [0.3, 0.4) is 0 Å². The molecule has 0 N–H and O–H groups in total. The van der Waals surface area contributed by atoms with Crippen molar-refractivity contribution < 1.29 is 4.84 Å². The molecule has 0 aliphatic carbocycles. The molecule has 1 heterocycles. The van der Waals surface area contributed by atoms with Gasteiger partial charge in [0.05, 0.1) is 0 Å². The summed E-state index contributed by atoms with van der Waals surface area (Å²) in [5, 5.41) is 8.06. The van der Waals surface area contributed by atoms with Crippen LogP contribution in [-0.2, 0) is 0 Å². The fourth-order valence-electron chi connectivity index (χ4n) is 1.83. The van der Waals surface area contributed by atoms with Crippen LogP contribution in [0.5, 0.6) is 5.75 Å². The number of nitrogens with zero attached hydrogens (tertiary/aromatic N) is 3. The van der Waals surface area contributed by atoms with Crippen LogP contribution in [0.1, 0.15) is 11.1 Å². The fraction of sp³-hybridized carbons (Fsp3) is 0.143. The second-order valence-electron chi connectivity index (χ2n) is 4.24. The van der Waals surface area contributed by atoms with E-state index in [4.69, 9.17) is 4.84 Å². The van der Waals surface area contributed by atoms with Crippen LogP contribution in [-0.4, -0.2) is 15.2 Å². The van der Waals surface area contributed by atoms with Gasteiger partial charge in [0.2, 0.25) is 0 Å². The number of benzene rings is 2. The van der Waals surface area contributed by atoms with Gasteiger partial charge in [-0.15, -0.1) is 5.10 Å². The van der Waals surface area contributed by atoms with Crippen molar-refractivity contribution in [2.45, 2.75) is 13.8 Å². The van der Waals surface area contributed by atoms with Gasteiger partial charge in [-0.1, -0.05) is 29.1 Å². The molecule has 90 valence electrons. The maximum absolute atomic E-state index is 5.79. The first-order valence-corrected chi connectivity index (χ1v) is 5.81. The maximum atomic E-state index is 5.79. The van der Waals surface area contributed by atoms with Gasteiger partial charge in [0.15, 0.2) is 5.75 Å². The quantitative estimate of drug-likeness (QED) is 0.690. The van der Waals surface area contributed by atoms with E-state index in [1.165, 1.54) is 10.4 Å².